The number of carbonyl (C=O) groups excluding carboxylic acids is 1. The van der Waals surface area contributed by atoms with Crippen LogP contribution in [0.1, 0.15) is 16.7 Å². The number of nitrogens with zero attached hydrogens (tertiary/aromatic N) is 4. The fourth-order valence-electron chi connectivity index (χ4n) is 3.62. The lowest BCUT2D eigenvalue weighted by atomic mass is 10.1. The van der Waals surface area contributed by atoms with Crippen molar-refractivity contribution in [3.05, 3.63) is 83.4 Å². The topological polar surface area (TPSA) is 94.4 Å². The fourth-order valence-corrected chi connectivity index (χ4v) is 5.75. The number of anilines is 2. The third kappa shape index (κ3) is 4.70. The highest BCUT2D eigenvalue weighted by Crippen LogP contribution is 2.34. The molecule has 0 saturated heterocycles. The summed E-state index contributed by atoms with van der Waals surface area (Å²) in [6.07, 6.45) is 0. The second-order valence-corrected chi connectivity index (χ2v) is 11.0. The number of carbonyl (C=O) groups is 1. The van der Waals surface area contributed by atoms with Gasteiger partial charge in [0, 0.05) is 7.05 Å². The van der Waals surface area contributed by atoms with Gasteiger partial charge in [-0.3, -0.25) is 9.69 Å². The van der Waals surface area contributed by atoms with Gasteiger partial charge in [-0.2, -0.15) is 9.57 Å². The van der Waals surface area contributed by atoms with Crippen molar-refractivity contribution in [3.63, 3.8) is 0 Å². The van der Waals surface area contributed by atoms with E-state index in [4.69, 9.17) is 5.26 Å². The fraction of sp³-hybridized carbons (Fsp3) is 0.160. The van der Waals surface area contributed by atoms with Crippen molar-refractivity contribution in [2.45, 2.75) is 18.7 Å². The van der Waals surface area contributed by atoms with E-state index >= 15 is 0 Å². The Morgan fingerprint density at radius 3 is 2.29 bits per heavy atom. The van der Waals surface area contributed by atoms with Crippen LogP contribution in [0.5, 0.6) is 0 Å². The maximum atomic E-state index is 13.6. The molecule has 0 radical (unpaired) electrons. The molecule has 0 unspecified atom stereocenters. The monoisotopic (exact) mass is 490 g/mol. The Labute approximate surface area is 202 Å². The van der Waals surface area contributed by atoms with Gasteiger partial charge in [0.2, 0.25) is 15.9 Å². The van der Waals surface area contributed by atoms with Gasteiger partial charge < -0.3 is 0 Å². The number of amides is 1. The number of thiazole rings is 1. The zero-order valence-electron chi connectivity index (χ0n) is 18.9. The molecule has 4 aromatic rings. The second-order valence-electron chi connectivity index (χ2n) is 7.94. The van der Waals surface area contributed by atoms with E-state index in [2.05, 4.69) is 4.98 Å². The van der Waals surface area contributed by atoms with Crippen molar-refractivity contribution < 1.29 is 13.2 Å². The van der Waals surface area contributed by atoms with Crippen molar-refractivity contribution in [2.75, 3.05) is 18.5 Å². The number of aryl methyl sites for hydroxylation is 2. The summed E-state index contributed by atoms with van der Waals surface area (Å²) < 4.78 is 28.1. The van der Waals surface area contributed by atoms with Gasteiger partial charge in [-0.05, 0) is 73.5 Å². The average molecular weight is 491 g/mol. The number of para-hydroxylation sites is 1. The number of hydrogen-bond acceptors (Lipinski definition) is 6. The first-order valence-electron chi connectivity index (χ1n) is 10.4. The number of benzene rings is 3. The molecule has 0 aliphatic rings. The molecule has 0 bridgehead atoms. The van der Waals surface area contributed by atoms with Crippen LogP contribution in [0.4, 0.5) is 10.8 Å². The number of nitriles is 1. The molecular formula is C25H22N4O3S2. The first kappa shape index (κ1) is 23.6. The van der Waals surface area contributed by atoms with Crippen LogP contribution >= 0.6 is 11.3 Å². The lowest BCUT2D eigenvalue weighted by Crippen LogP contribution is -2.39. The second kappa shape index (κ2) is 9.35. The van der Waals surface area contributed by atoms with Crippen LogP contribution in [0.3, 0.4) is 0 Å². The molecule has 172 valence electrons. The molecule has 1 amide bonds. The Morgan fingerprint density at radius 2 is 1.68 bits per heavy atom. The predicted octanol–water partition coefficient (Wildman–Crippen LogP) is 4.77. The van der Waals surface area contributed by atoms with Gasteiger partial charge >= 0.3 is 0 Å². The van der Waals surface area contributed by atoms with Gasteiger partial charge in [0.1, 0.15) is 0 Å². The molecule has 7 nitrogen and oxygen atoms in total. The minimum atomic E-state index is -3.94. The van der Waals surface area contributed by atoms with E-state index in [1.54, 1.807) is 0 Å². The first-order valence-corrected chi connectivity index (χ1v) is 12.7. The van der Waals surface area contributed by atoms with Crippen molar-refractivity contribution in [1.29, 1.82) is 5.26 Å². The smallest absolute Gasteiger partial charge is 0.248 e. The molecule has 0 aliphatic heterocycles. The molecule has 0 N–H and O–H groups in total. The van der Waals surface area contributed by atoms with E-state index in [0.717, 1.165) is 25.6 Å². The summed E-state index contributed by atoms with van der Waals surface area (Å²) in [7, 11) is -2.57. The van der Waals surface area contributed by atoms with Crippen LogP contribution in [-0.4, -0.2) is 37.2 Å². The van der Waals surface area contributed by atoms with Crippen LogP contribution in [-0.2, 0) is 14.8 Å². The number of likely N-dealkylation sites (N-methyl/N-ethyl adjacent to an activating group) is 1. The summed E-state index contributed by atoms with van der Waals surface area (Å²) in [6, 6.07) is 20.9. The molecule has 0 spiro atoms. The third-order valence-corrected chi connectivity index (χ3v) is 8.08. The van der Waals surface area contributed by atoms with Crippen molar-refractivity contribution in [3.8, 4) is 6.07 Å². The van der Waals surface area contributed by atoms with E-state index in [1.165, 1.54) is 47.5 Å². The third-order valence-electron chi connectivity index (χ3n) is 5.24. The Hall–Kier alpha value is -3.58. The number of sulfonamides is 1. The Kier molecular flexibility index (Phi) is 6.48. The van der Waals surface area contributed by atoms with E-state index in [0.29, 0.717) is 16.4 Å². The van der Waals surface area contributed by atoms with Crippen LogP contribution in [0.15, 0.2) is 71.6 Å². The molecule has 0 atom stereocenters. The molecule has 9 heteroatoms. The molecule has 0 aliphatic carbocycles. The molecule has 0 saturated carbocycles. The largest absolute Gasteiger partial charge is 0.272 e. The maximum absolute atomic E-state index is 13.6. The highest BCUT2D eigenvalue weighted by Gasteiger charge is 2.28. The van der Waals surface area contributed by atoms with Gasteiger partial charge in [0.05, 0.1) is 39.0 Å². The van der Waals surface area contributed by atoms with Gasteiger partial charge in [0.25, 0.3) is 0 Å². The minimum absolute atomic E-state index is 0.0136. The van der Waals surface area contributed by atoms with Crippen LogP contribution < -0.4 is 4.90 Å². The molecule has 4 rings (SSSR count). The summed E-state index contributed by atoms with van der Waals surface area (Å²) in [5, 5.41) is 9.44. The van der Waals surface area contributed by atoms with Gasteiger partial charge in [0.15, 0.2) is 5.13 Å². The van der Waals surface area contributed by atoms with E-state index < -0.39 is 15.9 Å². The highest BCUT2D eigenvalue weighted by atomic mass is 32.2. The van der Waals surface area contributed by atoms with Crippen LogP contribution in [0.2, 0.25) is 0 Å². The lowest BCUT2D eigenvalue weighted by molar-refractivity contribution is -0.117. The summed E-state index contributed by atoms with van der Waals surface area (Å²) >= 11 is 1.37. The molecule has 3 aromatic carbocycles. The summed E-state index contributed by atoms with van der Waals surface area (Å²) in [4.78, 5) is 19.7. The zero-order valence-corrected chi connectivity index (χ0v) is 20.5. The van der Waals surface area contributed by atoms with Gasteiger partial charge in [-0.1, -0.05) is 29.5 Å². The van der Waals surface area contributed by atoms with Gasteiger partial charge in [-0.15, -0.1) is 0 Å². The van der Waals surface area contributed by atoms with Crippen LogP contribution in [0.25, 0.3) is 10.2 Å². The first-order chi connectivity index (χ1) is 16.2. The molecular weight excluding hydrogens is 468 g/mol. The van der Waals surface area contributed by atoms with Crippen LogP contribution in [0, 0.1) is 25.2 Å². The van der Waals surface area contributed by atoms with E-state index in [-0.39, 0.29) is 11.4 Å². The van der Waals surface area contributed by atoms with Crippen molar-refractivity contribution in [2.24, 2.45) is 0 Å². The Balaban J connectivity index is 1.71. The Bertz CT molecular complexity index is 1470. The lowest BCUT2D eigenvalue weighted by Gasteiger charge is -2.24. The minimum Gasteiger partial charge on any atom is -0.272 e. The van der Waals surface area contributed by atoms with E-state index in [9.17, 15) is 13.2 Å². The number of aromatic nitrogens is 1. The van der Waals surface area contributed by atoms with Crippen molar-refractivity contribution >= 4 is 48.3 Å². The molecule has 1 heterocycles. The number of rotatable bonds is 6. The molecule has 0 fully saturated rings. The maximum Gasteiger partial charge on any atom is 0.248 e. The zero-order chi connectivity index (χ0) is 24.5. The predicted molar refractivity (Wildman–Crippen MR) is 134 cm³/mol. The summed E-state index contributed by atoms with van der Waals surface area (Å²) in [5.74, 6) is -0.427. The summed E-state index contributed by atoms with van der Waals surface area (Å²) in [6.45, 7) is 3.50. The number of hydrogen-bond donors (Lipinski definition) is 0. The summed E-state index contributed by atoms with van der Waals surface area (Å²) in [5.41, 5.74) is 3.71. The van der Waals surface area contributed by atoms with Crippen molar-refractivity contribution in [1.82, 2.24) is 9.29 Å². The quantitative estimate of drug-likeness (QED) is 0.388. The average Bonchev–Trinajstić information content (AvgIpc) is 3.22. The van der Waals surface area contributed by atoms with E-state index in [1.807, 2.05) is 62.4 Å². The number of fused-ring (bicyclic) bond motifs is 1. The SMILES string of the molecule is Cc1cc(C)cc(N(C(=O)CN(C)S(=O)(=O)c2ccc(C#N)cc2)c2nc3ccccc3s2)c1. The van der Waals surface area contributed by atoms with Gasteiger partial charge in [-0.25, -0.2) is 13.4 Å². The molecule has 1 aromatic heterocycles. The standard InChI is InChI=1S/C25H22N4O3S2/c1-17-12-18(2)14-20(13-17)29(25-27-22-6-4-5-7-23(22)33-25)24(30)16-28(3)34(31,32)21-10-8-19(15-26)9-11-21/h4-14H,16H2,1-3H3. The Morgan fingerprint density at radius 1 is 1.03 bits per heavy atom. The normalized spacial score (nSPS) is 11.5. The highest BCUT2D eigenvalue weighted by molar-refractivity contribution is 7.89. The molecule has 34 heavy (non-hydrogen) atoms.